The molecule has 0 aliphatic carbocycles. The highest BCUT2D eigenvalue weighted by Crippen LogP contribution is 2.19. The molecule has 0 spiro atoms. The molecule has 6 heteroatoms. The lowest BCUT2D eigenvalue weighted by atomic mass is 10.1. The molecule has 0 unspecified atom stereocenters. The van der Waals surface area contributed by atoms with E-state index in [1.807, 2.05) is 26.2 Å². The first-order chi connectivity index (χ1) is 14.5. The number of rotatable bonds is 8. The fourth-order valence-corrected chi connectivity index (χ4v) is 3.02. The standard InChI is InChI=1S/C24H26FN3O2/c1-28(2)16-19-7-3-6-18(12-19)15-26-24(29)27-22-10-5-11-23(14-22)30-17-20-8-4-9-21(25)13-20/h3-14H,15-17H2,1-2H3,(H2,26,27,29). The van der Waals surface area contributed by atoms with E-state index in [-0.39, 0.29) is 18.5 Å². The number of amides is 2. The van der Waals surface area contributed by atoms with Crippen molar-refractivity contribution in [3.05, 3.63) is 95.3 Å². The zero-order valence-corrected chi connectivity index (χ0v) is 17.2. The Labute approximate surface area is 176 Å². The van der Waals surface area contributed by atoms with Gasteiger partial charge in [0.05, 0.1) is 0 Å². The Morgan fingerprint density at radius 2 is 1.67 bits per heavy atom. The predicted molar refractivity (Wildman–Crippen MR) is 117 cm³/mol. The Kier molecular flexibility index (Phi) is 7.40. The topological polar surface area (TPSA) is 53.6 Å². The van der Waals surface area contributed by atoms with Gasteiger partial charge in [0.15, 0.2) is 0 Å². The van der Waals surface area contributed by atoms with Crippen LogP contribution in [0.5, 0.6) is 5.75 Å². The van der Waals surface area contributed by atoms with E-state index in [1.54, 1.807) is 36.4 Å². The zero-order chi connectivity index (χ0) is 21.3. The predicted octanol–water partition coefficient (Wildman–Crippen LogP) is 4.79. The second kappa shape index (κ2) is 10.4. The highest BCUT2D eigenvalue weighted by Gasteiger charge is 2.05. The molecule has 0 radical (unpaired) electrons. The largest absolute Gasteiger partial charge is 0.489 e. The molecule has 3 aromatic rings. The van der Waals surface area contributed by atoms with Crippen molar-refractivity contribution < 1.29 is 13.9 Å². The second-order valence-corrected chi connectivity index (χ2v) is 7.31. The maximum atomic E-state index is 13.3. The fourth-order valence-electron chi connectivity index (χ4n) is 3.02. The number of benzene rings is 3. The van der Waals surface area contributed by atoms with E-state index in [9.17, 15) is 9.18 Å². The van der Waals surface area contributed by atoms with Crippen LogP contribution in [0.15, 0.2) is 72.8 Å². The summed E-state index contributed by atoms with van der Waals surface area (Å²) in [6.45, 7) is 1.53. The number of halogens is 1. The average Bonchev–Trinajstić information content (AvgIpc) is 2.71. The zero-order valence-electron chi connectivity index (χ0n) is 17.2. The maximum Gasteiger partial charge on any atom is 0.319 e. The van der Waals surface area contributed by atoms with Crippen molar-refractivity contribution in [1.29, 1.82) is 0 Å². The Bertz CT molecular complexity index is 991. The molecule has 0 heterocycles. The third-order valence-electron chi connectivity index (χ3n) is 4.33. The Hall–Kier alpha value is -3.38. The molecule has 0 aliphatic rings. The molecule has 0 fully saturated rings. The van der Waals surface area contributed by atoms with Gasteiger partial charge in [0, 0.05) is 24.8 Å². The molecular formula is C24H26FN3O2. The van der Waals surface area contributed by atoms with Gasteiger partial charge in [-0.2, -0.15) is 0 Å². The highest BCUT2D eigenvalue weighted by atomic mass is 19.1. The van der Waals surface area contributed by atoms with Crippen LogP contribution in [0.3, 0.4) is 0 Å². The highest BCUT2D eigenvalue weighted by molar-refractivity contribution is 5.89. The number of anilines is 1. The SMILES string of the molecule is CN(C)Cc1cccc(CNC(=O)Nc2cccc(OCc3cccc(F)c3)c2)c1. The third kappa shape index (κ3) is 6.90. The van der Waals surface area contributed by atoms with Crippen LogP contribution in [-0.4, -0.2) is 25.0 Å². The van der Waals surface area contributed by atoms with Gasteiger partial charge < -0.3 is 20.3 Å². The van der Waals surface area contributed by atoms with Crippen LogP contribution in [0.4, 0.5) is 14.9 Å². The van der Waals surface area contributed by atoms with Crippen molar-refractivity contribution in [3.8, 4) is 5.75 Å². The summed E-state index contributed by atoms with van der Waals surface area (Å²) in [4.78, 5) is 14.4. The molecule has 3 aromatic carbocycles. The molecule has 3 rings (SSSR count). The number of carbonyl (C=O) groups is 1. The lowest BCUT2D eigenvalue weighted by molar-refractivity contribution is 0.251. The van der Waals surface area contributed by atoms with Gasteiger partial charge in [-0.1, -0.05) is 42.5 Å². The molecule has 0 aromatic heterocycles. The molecule has 30 heavy (non-hydrogen) atoms. The quantitative estimate of drug-likeness (QED) is 0.565. The summed E-state index contributed by atoms with van der Waals surface area (Å²) >= 11 is 0. The van der Waals surface area contributed by atoms with Gasteiger partial charge in [-0.15, -0.1) is 0 Å². The molecule has 0 saturated carbocycles. The van der Waals surface area contributed by atoms with E-state index in [0.29, 0.717) is 18.0 Å². The number of hydrogen-bond acceptors (Lipinski definition) is 3. The van der Waals surface area contributed by atoms with Gasteiger partial charge in [0.25, 0.3) is 0 Å². The minimum absolute atomic E-state index is 0.247. The second-order valence-electron chi connectivity index (χ2n) is 7.31. The lowest BCUT2D eigenvalue weighted by Crippen LogP contribution is -2.28. The summed E-state index contributed by atoms with van der Waals surface area (Å²) in [6, 6.07) is 21.2. The van der Waals surface area contributed by atoms with Crippen LogP contribution in [0.25, 0.3) is 0 Å². The molecule has 0 atom stereocenters. The summed E-state index contributed by atoms with van der Waals surface area (Å²) in [6.07, 6.45) is 0. The van der Waals surface area contributed by atoms with Crippen LogP contribution < -0.4 is 15.4 Å². The summed E-state index contributed by atoms with van der Waals surface area (Å²) in [5.41, 5.74) is 3.59. The van der Waals surface area contributed by atoms with Gasteiger partial charge >= 0.3 is 6.03 Å². The molecule has 0 aliphatic heterocycles. The van der Waals surface area contributed by atoms with E-state index < -0.39 is 0 Å². The normalized spacial score (nSPS) is 10.7. The van der Waals surface area contributed by atoms with E-state index in [2.05, 4.69) is 27.7 Å². The summed E-state index contributed by atoms with van der Waals surface area (Å²) < 4.78 is 19.0. The smallest absolute Gasteiger partial charge is 0.319 e. The van der Waals surface area contributed by atoms with Crippen LogP contribution in [0.2, 0.25) is 0 Å². The number of carbonyl (C=O) groups excluding carboxylic acids is 1. The molecule has 156 valence electrons. The Balaban J connectivity index is 1.51. The Morgan fingerprint density at radius 1 is 0.933 bits per heavy atom. The van der Waals surface area contributed by atoms with Crippen molar-refractivity contribution in [2.24, 2.45) is 0 Å². The van der Waals surface area contributed by atoms with Gasteiger partial charge in [0.2, 0.25) is 0 Å². The van der Waals surface area contributed by atoms with Crippen molar-refractivity contribution in [2.45, 2.75) is 19.7 Å². The number of nitrogens with one attached hydrogen (secondary N) is 2. The number of urea groups is 1. The van der Waals surface area contributed by atoms with Gasteiger partial charge in [-0.25, -0.2) is 9.18 Å². The number of hydrogen-bond donors (Lipinski definition) is 2. The lowest BCUT2D eigenvalue weighted by Gasteiger charge is -2.12. The number of nitrogens with zero attached hydrogens (tertiary/aromatic N) is 1. The third-order valence-corrected chi connectivity index (χ3v) is 4.33. The van der Waals surface area contributed by atoms with Crippen molar-refractivity contribution in [3.63, 3.8) is 0 Å². The van der Waals surface area contributed by atoms with Gasteiger partial charge in [-0.05, 0) is 55.1 Å². The van der Waals surface area contributed by atoms with E-state index >= 15 is 0 Å². The maximum absolute atomic E-state index is 13.3. The molecule has 0 bridgehead atoms. The molecular weight excluding hydrogens is 381 g/mol. The van der Waals surface area contributed by atoms with Crippen LogP contribution in [-0.2, 0) is 19.7 Å². The van der Waals surface area contributed by atoms with E-state index in [4.69, 9.17) is 4.74 Å². The van der Waals surface area contributed by atoms with Crippen LogP contribution >= 0.6 is 0 Å². The average molecular weight is 407 g/mol. The first kappa shape index (κ1) is 21.3. The summed E-state index contributed by atoms with van der Waals surface area (Å²) in [5, 5.41) is 5.67. The van der Waals surface area contributed by atoms with Crippen LogP contribution in [0, 0.1) is 5.82 Å². The molecule has 2 amide bonds. The van der Waals surface area contributed by atoms with Crippen LogP contribution in [0.1, 0.15) is 16.7 Å². The first-order valence-electron chi connectivity index (χ1n) is 9.72. The van der Waals surface area contributed by atoms with Crippen molar-refractivity contribution in [1.82, 2.24) is 10.2 Å². The van der Waals surface area contributed by atoms with E-state index in [0.717, 1.165) is 17.7 Å². The summed E-state index contributed by atoms with van der Waals surface area (Å²) in [5.74, 6) is 0.295. The van der Waals surface area contributed by atoms with Crippen molar-refractivity contribution in [2.75, 3.05) is 19.4 Å². The van der Waals surface area contributed by atoms with Crippen molar-refractivity contribution >= 4 is 11.7 Å². The molecule has 0 saturated heterocycles. The van der Waals surface area contributed by atoms with Gasteiger partial charge in [-0.3, -0.25) is 0 Å². The Morgan fingerprint density at radius 3 is 2.47 bits per heavy atom. The minimum Gasteiger partial charge on any atom is -0.489 e. The summed E-state index contributed by atoms with van der Waals surface area (Å²) in [7, 11) is 4.04. The number of ether oxygens (including phenoxy) is 1. The van der Waals surface area contributed by atoms with E-state index in [1.165, 1.54) is 17.7 Å². The first-order valence-corrected chi connectivity index (χ1v) is 9.72. The fraction of sp³-hybridized carbons (Fsp3) is 0.208. The minimum atomic E-state index is -0.296. The van der Waals surface area contributed by atoms with Gasteiger partial charge in [0.1, 0.15) is 18.2 Å². The monoisotopic (exact) mass is 407 g/mol. The molecule has 5 nitrogen and oxygen atoms in total. The molecule has 2 N–H and O–H groups in total.